The molecule has 8 rings (SSSR count). The van der Waals surface area contributed by atoms with E-state index in [-0.39, 0.29) is 29.4 Å². The van der Waals surface area contributed by atoms with Crippen LogP contribution in [0.2, 0.25) is 0 Å². The van der Waals surface area contributed by atoms with Gasteiger partial charge in [0.25, 0.3) is 0 Å². The predicted octanol–water partition coefficient (Wildman–Crippen LogP) is 2.97. The van der Waals surface area contributed by atoms with Gasteiger partial charge in [-0.3, -0.25) is 9.98 Å². The third-order valence-corrected chi connectivity index (χ3v) is 9.78. The van der Waals surface area contributed by atoms with Crippen LogP contribution in [0.25, 0.3) is 11.2 Å². The molecule has 0 radical (unpaired) electrons. The maximum Gasteiger partial charge on any atom is 0.229 e. The number of amidine groups is 1. The minimum absolute atomic E-state index is 0.000778. The van der Waals surface area contributed by atoms with Crippen molar-refractivity contribution in [1.82, 2.24) is 45.0 Å². The summed E-state index contributed by atoms with van der Waals surface area (Å²) in [4.78, 5) is 18.1. The second kappa shape index (κ2) is 14.6. The minimum Gasteiger partial charge on any atom is -0.508 e. The molecule has 0 aliphatic carbocycles. The van der Waals surface area contributed by atoms with E-state index in [4.69, 9.17) is 25.1 Å². The molecule has 16 heteroatoms. The van der Waals surface area contributed by atoms with Gasteiger partial charge in [0, 0.05) is 37.2 Å². The van der Waals surface area contributed by atoms with Gasteiger partial charge in [0.2, 0.25) is 11.8 Å². The zero-order chi connectivity index (χ0) is 36.5. The summed E-state index contributed by atoms with van der Waals surface area (Å²) < 4.78 is 7.83. The van der Waals surface area contributed by atoms with E-state index in [1.54, 1.807) is 28.8 Å². The molecular formula is C37H40N12O4. The molecule has 6 N–H and O–H groups in total. The topological polar surface area (TPSA) is 208 Å². The van der Waals surface area contributed by atoms with E-state index in [0.717, 1.165) is 17.5 Å². The van der Waals surface area contributed by atoms with Crippen LogP contribution in [-0.2, 0) is 11.3 Å². The van der Waals surface area contributed by atoms with Crippen LogP contribution in [0.3, 0.4) is 0 Å². The average Bonchev–Trinajstić information content (AvgIpc) is 4.00. The molecule has 0 saturated carbocycles. The molecule has 3 aromatic heterocycles. The molecule has 0 unspecified atom stereocenters. The maximum absolute atomic E-state index is 11.3. The lowest BCUT2D eigenvalue weighted by Crippen LogP contribution is -2.37. The molecule has 5 heterocycles. The van der Waals surface area contributed by atoms with Crippen molar-refractivity contribution in [1.29, 1.82) is 5.41 Å². The first-order valence-electron chi connectivity index (χ1n) is 17.6. The zero-order valence-corrected chi connectivity index (χ0v) is 28.9. The summed E-state index contributed by atoms with van der Waals surface area (Å²) in [5, 5.41) is 59.8. The standard InChI is InChI=1S/C37H40N12O4/c1-2-49-45-34(44-46-49)31-29(51)30(52)36(53-31)48-21-40-28-33(39-19-27(22-9-5-3-6-10-22)23-11-7-4-8-12-23)42-37(43-35(28)48)47-18-17-25(20-47)41-32(38)24-13-15-26(50)16-14-24/h3-16,21,25,27,29-31,36,50-52H,2,17-20H2,1H3,(H2,38,41)(H,39,42,43)/t25-,29+,30+,31+,36-/m1/s1. The SMILES string of the molecule is CCn1nnc([C@H]2O[C@@H](n3cnc4c(NCC(c5ccccc5)c5ccccc5)nc(N5CC[C@@H](NC(=N)c6ccc(O)cc6)C5)nc43)[C@@H](O)[C@@H]2O)n1. The van der Waals surface area contributed by atoms with E-state index in [2.05, 4.69) is 50.3 Å². The quantitative estimate of drug-likeness (QED) is 0.0843. The number of nitrogens with one attached hydrogen (secondary N) is 3. The molecule has 0 spiro atoms. The molecule has 53 heavy (non-hydrogen) atoms. The van der Waals surface area contributed by atoms with Gasteiger partial charge in [0.1, 0.15) is 23.8 Å². The van der Waals surface area contributed by atoms with Gasteiger partial charge < -0.3 is 35.6 Å². The summed E-state index contributed by atoms with van der Waals surface area (Å²) in [5.74, 6) is 1.52. The number of aromatic hydroxyl groups is 1. The predicted molar refractivity (Wildman–Crippen MR) is 196 cm³/mol. The lowest BCUT2D eigenvalue weighted by Gasteiger charge is -2.22. The number of benzene rings is 3. The number of anilines is 2. The number of phenols is 1. The summed E-state index contributed by atoms with van der Waals surface area (Å²) in [6.07, 6.45) is -2.46. The zero-order valence-electron chi connectivity index (χ0n) is 28.9. The van der Waals surface area contributed by atoms with Gasteiger partial charge in [0.05, 0.1) is 12.9 Å². The highest BCUT2D eigenvalue weighted by Crippen LogP contribution is 2.39. The van der Waals surface area contributed by atoms with Crippen molar-refractivity contribution in [2.75, 3.05) is 29.9 Å². The van der Waals surface area contributed by atoms with E-state index in [0.29, 0.717) is 54.7 Å². The third-order valence-electron chi connectivity index (χ3n) is 9.78. The number of ether oxygens (including phenoxy) is 1. The first-order chi connectivity index (χ1) is 25.9. The van der Waals surface area contributed by atoms with Crippen LogP contribution in [0.15, 0.2) is 91.3 Å². The number of aliphatic hydroxyl groups is 2. The molecule has 0 amide bonds. The number of fused-ring (bicyclic) bond motifs is 1. The van der Waals surface area contributed by atoms with E-state index in [1.165, 1.54) is 11.1 Å². The number of aryl methyl sites for hydroxylation is 1. The normalized spacial score (nSPS) is 21.4. The first kappa shape index (κ1) is 34.1. The Morgan fingerprint density at radius 1 is 0.962 bits per heavy atom. The Morgan fingerprint density at radius 3 is 2.36 bits per heavy atom. The Bertz CT molecular complexity index is 2140. The number of aliphatic hydroxyl groups excluding tert-OH is 2. The Morgan fingerprint density at radius 2 is 1.68 bits per heavy atom. The number of phenolic OH excluding ortho intramolecular Hbond substituents is 1. The van der Waals surface area contributed by atoms with Gasteiger partial charge in [0.15, 0.2) is 29.3 Å². The molecule has 0 bridgehead atoms. The van der Waals surface area contributed by atoms with Crippen LogP contribution in [0.5, 0.6) is 5.75 Å². The number of nitrogens with zero attached hydrogens (tertiary/aromatic N) is 9. The number of imidazole rings is 1. The molecule has 16 nitrogen and oxygen atoms in total. The van der Waals surface area contributed by atoms with Gasteiger partial charge in [-0.05, 0) is 54.0 Å². The largest absolute Gasteiger partial charge is 0.508 e. The Hall–Kier alpha value is -5.97. The lowest BCUT2D eigenvalue weighted by atomic mass is 9.91. The molecule has 6 aromatic rings. The van der Waals surface area contributed by atoms with Crippen LogP contribution in [0, 0.1) is 5.41 Å². The smallest absolute Gasteiger partial charge is 0.229 e. The Balaban J connectivity index is 1.12. The second-order valence-electron chi connectivity index (χ2n) is 13.2. The van der Waals surface area contributed by atoms with Crippen molar-refractivity contribution in [3.8, 4) is 5.75 Å². The molecule has 2 aliphatic rings. The number of hydrogen-bond donors (Lipinski definition) is 6. The van der Waals surface area contributed by atoms with Gasteiger partial charge in [-0.25, -0.2) is 4.98 Å². The van der Waals surface area contributed by atoms with Crippen molar-refractivity contribution in [3.05, 3.63) is 114 Å². The summed E-state index contributed by atoms with van der Waals surface area (Å²) in [6.45, 7) is 4.01. The molecule has 5 atom stereocenters. The maximum atomic E-state index is 11.3. The van der Waals surface area contributed by atoms with Gasteiger partial charge >= 0.3 is 0 Å². The molecule has 2 aliphatic heterocycles. The molecule has 2 fully saturated rings. The highest BCUT2D eigenvalue weighted by Gasteiger charge is 2.47. The van der Waals surface area contributed by atoms with Crippen LogP contribution in [-0.4, -0.2) is 98.8 Å². The van der Waals surface area contributed by atoms with Crippen molar-refractivity contribution >= 4 is 28.8 Å². The van der Waals surface area contributed by atoms with Gasteiger partial charge in [-0.1, -0.05) is 60.7 Å². The fourth-order valence-electron chi connectivity index (χ4n) is 6.93. The van der Waals surface area contributed by atoms with Crippen molar-refractivity contribution in [2.45, 2.75) is 56.4 Å². The average molecular weight is 717 g/mol. The van der Waals surface area contributed by atoms with Crippen LogP contribution in [0.4, 0.5) is 11.8 Å². The Kier molecular flexibility index (Phi) is 9.39. The van der Waals surface area contributed by atoms with E-state index < -0.39 is 24.5 Å². The summed E-state index contributed by atoms with van der Waals surface area (Å²) >= 11 is 0. The highest BCUT2D eigenvalue weighted by atomic mass is 16.6. The van der Waals surface area contributed by atoms with Crippen molar-refractivity contribution in [3.63, 3.8) is 0 Å². The molecule has 272 valence electrons. The summed E-state index contributed by atoms with van der Waals surface area (Å²) in [6, 6.07) is 27.0. The van der Waals surface area contributed by atoms with Crippen LogP contribution >= 0.6 is 0 Å². The van der Waals surface area contributed by atoms with Crippen molar-refractivity contribution < 1.29 is 20.1 Å². The van der Waals surface area contributed by atoms with Crippen molar-refractivity contribution in [2.24, 2.45) is 0 Å². The summed E-state index contributed by atoms with van der Waals surface area (Å²) in [7, 11) is 0. The van der Waals surface area contributed by atoms with Crippen LogP contribution in [0.1, 0.15) is 54.1 Å². The lowest BCUT2D eigenvalue weighted by molar-refractivity contribution is -0.0384. The van der Waals surface area contributed by atoms with E-state index in [1.807, 2.05) is 48.2 Å². The fourth-order valence-corrected chi connectivity index (χ4v) is 6.93. The number of hydrogen-bond acceptors (Lipinski definition) is 13. The first-order valence-corrected chi connectivity index (χ1v) is 17.6. The van der Waals surface area contributed by atoms with Gasteiger partial charge in [-0.15, -0.1) is 10.2 Å². The minimum atomic E-state index is -1.34. The molecule has 3 aromatic carbocycles. The van der Waals surface area contributed by atoms with E-state index in [9.17, 15) is 15.3 Å². The summed E-state index contributed by atoms with van der Waals surface area (Å²) in [5.41, 5.74) is 3.83. The monoisotopic (exact) mass is 716 g/mol. The van der Waals surface area contributed by atoms with Gasteiger partial charge in [-0.2, -0.15) is 14.8 Å². The highest BCUT2D eigenvalue weighted by molar-refractivity contribution is 5.96. The fraction of sp³-hybridized carbons (Fsp3) is 0.324. The molecular weight excluding hydrogens is 676 g/mol. The van der Waals surface area contributed by atoms with Crippen LogP contribution < -0.4 is 15.5 Å². The molecule has 2 saturated heterocycles. The Labute approximate surface area is 304 Å². The number of aromatic nitrogens is 8. The second-order valence-corrected chi connectivity index (χ2v) is 13.2. The third kappa shape index (κ3) is 6.86. The number of rotatable bonds is 11. The van der Waals surface area contributed by atoms with E-state index >= 15 is 0 Å². The number of tetrazole rings is 1.